The van der Waals surface area contributed by atoms with Crippen LogP contribution in [0.5, 0.6) is 11.5 Å². The number of fused-ring (bicyclic) bond motifs is 2. The van der Waals surface area contributed by atoms with Crippen LogP contribution < -0.4 is 20.1 Å². The van der Waals surface area contributed by atoms with Crippen molar-refractivity contribution in [1.82, 2.24) is 10.3 Å². The maximum atomic E-state index is 5.55. The van der Waals surface area contributed by atoms with Crippen molar-refractivity contribution >= 4 is 16.6 Å². The molecule has 2 heterocycles. The van der Waals surface area contributed by atoms with Gasteiger partial charge in [-0.15, -0.1) is 0 Å². The van der Waals surface area contributed by atoms with Crippen LogP contribution in [0.1, 0.15) is 37.9 Å². The SMILES string of the molecule is COc1cc2nc3c(c(N[C@H]4CNCC(C)(C)C4)c2cc1OC)CCC3. The van der Waals surface area contributed by atoms with Crippen molar-refractivity contribution in [3.63, 3.8) is 0 Å². The van der Waals surface area contributed by atoms with Crippen LogP contribution in [-0.2, 0) is 12.8 Å². The number of piperidine rings is 1. The van der Waals surface area contributed by atoms with Gasteiger partial charge in [0.05, 0.1) is 19.7 Å². The third-order valence-corrected chi connectivity index (χ3v) is 5.66. The highest BCUT2D eigenvalue weighted by atomic mass is 16.5. The molecule has 0 saturated carbocycles. The monoisotopic (exact) mass is 355 g/mol. The fourth-order valence-corrected chi connectivity index (χ4v) is 4.46. The number of nitrogens with zero attached hydrogens (tertiary/aromatic N) is 1. The largest absolute Gasteiger partial charge is 0.493 e. The Morgan fingerprint density at radius 1 is 1.15 bits per heavy atom. The topological polar surface area (TPSA) is 55.4 Å². The van der Waals surface area contributed by atoms with E-state index in [1.165, 1.54) is 23.4 Å². The zero-order valence-electron chi connectivity index (χ0n) is 16.2. The summed E-state index contributed by atoms with van der Waals surface area (Å²) in [5.74, 6) is 1.49. The van der Waals surface area contributed by atoms with E-state index >= 15 is 0 Å². The number of methoxy groups -OCH3 is 2. The van der Waals surface area contributed by atoms with Gasteiger partial charge >= 0.3 is 0 Å². The molecule has 1 aliphatic heterocycles. The van der Waals surface area contributed by atoms with Gasteiger partial charge in [-0.2, -0.15) is 0 Å². The zero-order valence-corrected chi connectivity index (χ0v) is 16.2. The van der Waals surface area contributed by atoms with Gasteiger partial charge in [0.2, 0.25) is 0 Å². The summed E-state index contributed by atoms with van der Waals surface area (Å²) in [4.78, 5) is 4.93. The summed E-state index contributed by atoms with van der Waals surface area (Å²) in [5, 5.41) is 8.58. The third kappa shape index (κ3) is 3.09. The van der Waals surface area contributed by atoms with E-state index in [0.29, 0.717) is 11.5 Å². The molecule has 0 amide bonds. The molecular formula is C21H29N3O2. The number of aromatic nitrogens is 1. The van der Waals surface area contributed by atoms with E-state index in [1.807, 2.05) is 6.07 Å². The van der Waals surface area contributed by atoms with Gasteiger partial charge in [-0.1, -0.05) is 13.8 Å². The van der Waals surface area contributed by atoms with Crippen LogP contribution >= 0.6 is 0 Å². The van der Waals surface area contributed by atoms with Crippen LogP contribution in [0, 0.1) is 5.41 Å². The van der Waals surface area contributed by atoms with E-state index in [1.54, 1.807) is 14.2 Å². The van der Waals surface area contributed by atoms with E-state index in [0.717, 1.165) is 54.8 Å². The minimum Gasteiger partial charge on any atom is -0.493 e. The molecule has 0 radical (unpaired) electrons. The summed E-state index contributed by atoms with van der Waals surface area (Å²) in [7, 11) is 3.36. The normalized spacial score (nSPS) is 21.5. The molecule has 0 bridgehead atoms. The third-order valence-electron chi connectivity index (χ3n) is 5.66. The molecule has 2 aliphatic rings. The highest BCUT2D eigenvalue weighted by molar-refractivity contribution is 5.96. The zero-order chi connectivity index (χ0) is 18.3. The molecule has 0 spiro atoms. The van der Waals surface area contributed by atoms with Gasteiger partial charge < -0.3 is 20.1 Å². The lowest BCUT2D eigenvalue weighted by atomic mass is 9.82. The summed E-state index contributed by atoms with van der Waals surface area (Å²) in [5.41, 5.74) is 5.15. The molecule has 5 nitrogen and oxygen atoms in total. The van der Waals surface area contributed by atoms with Crippen LogP contribution in [0.4, 0.5) is 5.69 Å². The molecule has 1 aromatic carbocycles. The minimum atomic E-state index is 0.308. The molecule has 26 heavy (non-hydrogen) atoms. The first-order valence-electron chi connectivity index (χ1n) is 9.55. The van der Waals surface area contributed by atoms with Crippen molar-refractivity contribution in [2.24, 2.45) is 5.41 Å². The van der Waals surface area contributed by atoms with Crippen LogP contribution in [0.2, 0.25) is 0 Å². The molecule has 1 atom stereocenters. The Hall–Kier alpha value is -2.01. The number of hydrogen-bond acceptors (Lipinski definition) is 5. The first-order valence-corrected chi connectivity index (χ1v) is 9.55. The molecule has 2 N–H and O–H groups in total. The van der Waals surface area contributed by atoms with Gasteiger partial charge in [0.15, 0.2) is 11.5 Å². The number of ether oxygens (including phenoxy) is 2. The van der Waals surface area contributed by atoms with Crippen LogP contribution in [0.3, 0.4) is 0 Å². The second-order valence-corrected chi connectivity index (χ2v) is 8.33. The second-order valence-electron chi connectivity index (χ2n) is 8.33. The molecule has 4 rings (SSSR count). The quantitative estimate of drug-likeness (QED) is 0.879. The fraction of sp³-hybridized carbons (Fsp3) is 0.571. The second kappa shape index (κ2) is 6.62. The first kappa shape index (κ1) is 17.4. The lowest BCUT2D eigenvalue weighted by Gasteiger charge is -2.37. The molecule has 1 fully saturated rings. The van der Waals surface area contributed by atoms with E-state index in [4.69, 9.17) is 14.5 Å². The number of hydrogen-bond donors (Lipinski definition) is 2. The van der Waals surface area contributed by atoms with Gasteiger partial charge in [-0.3, -0.25) is 4.98 Å². The van der Waals surface area contributed by atoms with Crippen molar-refractivity contribution in [3.8, 4) is 11.5 Å². The molecular weight excluding hydrogens is 326 g/mol. The molecule has 1 aromatic heterocycles. The Labute approximate surface area is 155 Å². The van der Waals surface area contributed by atoms with Gasteiger partial charge in [0.1, 0.15) is 0 Å². The van der Waals surface area contributed by atoms with E-state index in [9.17, 15) is 0 Å². The summed E-state index contributed by atoms with van der Waals surface area (Å²) < 4.78 is 11.0. The Morgan fingerprint density at radius 2 is 1.92 bits per heavy atom. The Kier molecular flexibility index (Phi) is 4.43. The van der Waals surface area contributed by atoms with Crippen molar-refractivity contribution in [2.45, 2.75) is 45.6 Å². The van der Waals surface area contributed by atoms with Crippen LogP contribution in [-0.4, -0.2) is 38.3 Å². The predicted octanol–water partition coefficient (Wildman–Crippen LogP) is 3.54. The standard InChI is InChI=1S/C21H29N3O2/c1-21(2)10-13(11-22-12-21)23-20-14-6-5-7-16(14)24-17-9-19(26-4)18(25-3)8-15(17)20/h8-9,13,22H,5-7,10-12H2,1-4H3,(H,23,24)/t13-/m1/s1. The molecule has 140 valence electrons. The Morgan fingerprint density at radius 3 is 2.65 bits per heavy atom. The molecule has 1 saturated heterocycles. The lowest BCUT2D eigenvalue weighted by molar-refractivity contribution is 0.250. The molecule has 5 heteroatoms. The Bertz CT molecular complexity index is 832. The molecule has 1 aliphatic carbocycles. The Balaban J connectivity index is 1.81. The first-order chi connectivity index (χ1) is 12.5. The molecule has 0 unspecified atom stereocenters. The lowest BCUT2D eigenvalue weighted by Crippen LogP contribution is -2.47. The van der Waals surface area contributed by atoms with E-state index < -0.39 is 0 Å². The average Bonchev–Trinajstić information content (AvgIpc) is 3.08. The predicted molar refractivity (Wildman–Crippen MR) is 106 cm³/mol. The summed E-state index contributed by atoms with van der Waals surface area (Å²) in [6, 6.07) is 4.49. The number of pyridine rings is 1. The van der Waals surface area contributed by atoms with Crippen molar-refractivity contribution in [3.05, 3.63) is 23.4 Å². The smallest absolute Gasteiger partial charge is 0.162 e. The fourth-order valence-electron chi connectivity index (χ4n) is 4.46. The van der Waals surface area contributed by atoms with Crippen LogP contribution in [0.25, 0.3) is 10.9 Å². The van der Waals surface area contributed by atoms with Crippen molar-refractivity contribution < 1.29 is 9.47 Å². The van der Waals surface area contributed by atoms with E-state index in [2.05, 4.69) is 30.5 Å². The van der Waals surface area contributed by atoms with Gasteiger partial charge in [0.25, 0.3) is 0 Å². The van der Waals surface area contributed by atoms with E-state index in [-0.39, 0.29) is 0 Å². The summed E-state index contributed by atoms with van der Waals surface area (Å²) in [6.45, 7) is 6.73. The van der Waals surface area contributed by atoms with Crippen LogP contribution in [0.15, 0.2) is 12.1 Å². The minimum absolute atomic E-state index is 0.308. The van der Waals surface area contributed by atoms with Crippen molar-refractivity contribution in [2.75, 3.05) is 32.6 Å². The number of anilines is 1. The van der Waals surface area contributed by atoms with Crippen molar-refractivity contribution in [1.29, 1.82) is 0 Å². The highest BCUT2D eigenvalue weighted by Gasteiger charge is 2.29. The maximum Gasteiger partial charge on any atom is 0.162 e. The average molecular weight is 355 g/mol. The summed E-state index contributed by atoms with van der Waals surface area (Å²) in [6.07, 6.45) is 4.49. The number of nitrogens with one attached hydrogen (secondary N) is 2. The highest BCUT2D eigenvalue weighted by Crippen LogP contribution is 2.40. The molecule has 2 aromatic rings. The van der Waals surface area contributed by atoms with Gasteiger partial charge in [-0.25, -0.2) is 0 Å². The number of aryl methyl sites for hydroxylation is 1. The van der Waals surface area contributed by atoms with Gasteiger partial charge in [0, 0.05) is 42.0 Å². The maximum absolute atomic E-state index is 5.55. The summed E-state index contributed by atoms with van der Waals surface area (Å²) >= 11 is 0. The van der Waals surface area contributed by atoms with Gasteiger partial charge in [-0.05, 0) is 42.7 Å². The number of rotatable bonds is 4. The number of benzene rings is 1.